The van der Waals surface area contributed by atoms with Crippen molar-refractivity contribution in [2.24, 2.45) is 0 Å². The molecule has 0 saturated heterocycles. The largest absolute Gasteiger partial charge is 0.477 e. The Morgan fingerprint density at radius 3 is 2.16 bits per heavy atom. The van der Waals surface area contributed by atoms with Crippen molar-refractivity contribution in [3.05, 3.63) is 117 Å². The van der Waals surface area contributed by atoms with E-state index in [2.05, 4.69) is 10.6 Å². The van der Waals surface area contributed by atoms with Gasteiger partial charge in [0.25, 0.3) is 17.5 Å². The number of nitro benzene ring substituents is 1. The lowest BCUT2D eigenvalue weighted by Crippen LogP contribution is -2.42. The van der Waals surface area contributed by atoms with Crippen LogP contribution in [0.5, 0.6) is 0 Å². The van der Waals surface area contributed by atoms with Crippen LogP contribution in [0.2, 0.25) is 0 Å². The molecule has 0 aliphatic carbocycles. The summed E-state index contributed by atoms with van der Waals surface area (Å²) in [6, 6.07) is 18.9. The molecular formula is C36H41N5O10. The van der Waals surface area contributed by atoms with Crippen LogP contribution >= 0.6 is 0 Å². The molecule has 51 heavy (non-hydrogen) atoms. The van der Waals surface area contributed by atoms with Gasteiger partial charge in [-0.15, -0.1) is 0 Å². The van der Waals surface area contributed by atoms with Crippen molar-refractivity contribution in [3.63, 3.8) is 0 Å². The normalized spacial score (nSPS) is 11.0. The maximum atomic E-state index is 13.2. The molecule has 0 fully saturated rings. The molecule has 3 aromatic carbocycles. The Morgan fingerprint density at radius 2 is 1.55 bits per heavy atom. The number of ether oxygens (including phenoxy) is 2. The lowest BCUT2D eigenvalue weighted by atomic mass is 10.1. The van der Waals surface area contributed by atoms with Gasteiger partial charge in [0.15, 0.2) is 0 Å². The summed E-state index contributed by atoms with van der Waals surface area (Å²) in [5, 5.41) is 25.6. The molecule has 0 saturated carbocycles. The fourth-order valence-corrected chi connectivity index (χ4v) is 4.56. The Labute approximate surface area is 295 Å². The fraction of sp³-hybridized carbons (Fsp3) is 0.306. The lowest BCUT2D eigenvalue weighted by molar-refractivity contribution is -0.385. The van der Waals surface area contributed by atoms with Crippen molar-refractivity contribution in [3.8, 4) is 0 Å². The lowest BCUT2D eigenvalue weighted by Gasteiger charge is -2.24. The second kappa shape index (κ2) is 18.5. The number of rotatable bonds is 15. The van der Waals surface area contributed by atoms with Crippen molar-refractivity contribution >= 4 is 41.7 Å². The summed E-state index contributed by atoms with van der Waals surface area (Å²) in [5.41, 5.74) is 0.380. The van der Waals surface area contributed by atoms with Gasteiger partial charge in [0.05, 0.1) is 4.92 Å². The Bertz CT molecular complexity index is 1740. The minimum atomic E-state index is -1.44. The first-order valence-electron chi connectivity index (χ1n) is 15.9. The van der Waals surface area contributed by atoms with Crippen LogP contribution in [-0.4, -0.2) is 95.2 Å². The molecule has 3 aromatic rings. The quantitative estimate of drug-likeness (QED) is 0.143. The zero-order valence-corrected chi connectivity index (χ0v) is 28.8. The molecule has 0 radical (unpaired) electrons. The van der Waals surface area contributed by atoms with Gasteiger partial charge < -0.3 is 35.0 Å². The van der Waals surface area contributed by atoms with Crippen LogP contribution in [0.25, 0.3) is 6.08 Å². The van der Waals surface area contributed by atoms with E-state index in [9.17, 15) is 39.2 Å². The van der Waals surface area contributed by atoms with Gasteiger partial charge in [-0.05, 0) is 74.4 Å². The number of hydrogen-bond donors (Lipinski definition) is 3. The molecule has 15 heteroatoms. The van der Waals surface area contributed by atoms with Crippen LogP contribution in [0.4, 0.5) is 15.3 Å². The van der Waals surface area contributed by atoms with Crippen LogP contribution in [0, 0.1) is 10.1 Å². The highest BCUT2D eigenvalue weighted by atomic mass is 16.6. The molecular weight excluding hydrogens is 662 g/mol. The molecule has 0 aliphatic rings. The molecule has 0 spiro atoms. The fourth-order valence-electron chi connectivity index (χ4n) is 4.56. The number of aromatic carboxylic acids is 1. The molecule has 0 bridgehead atoms. The van der Waals surface area contributed by atoms with E-state index in [0.717, 1.165) is 17.7 Å². The Kier molecular flexibility index (Phi) is 14.2. The summed E-state index contributed by atoms with van der Waals surface area (Å²) >= 11 is 0. The number of carbonyl (C=O) groups is 5. The predicted molar refractivity (Wildman–Crippen MR) is 187 cm³/mol. The number of nitro groups is 1. The van der Waals surface area contributed by atoms with E-state index in [1.165, 1.54) is 28.0 Å². The first-order valence-corrected chi connectivity index (χ1v) is 15.9. The second-order valence-electron chi connectivity index (χ2n) is 12.2. The standard InChI is InChI=1S/C36H41N5O10/c1-36(2,3)51-35(47)39(4)24-26-12-15-27(16-13-26)31(42)37-18-20-40(32(43)28-10-6-5-7-11-28)21-19-38-34(46)50-22-8-9-25-14-17-30(41(48)49)29(23-25)33(44)45/h5-17,23H,18-22,24H2,1-4H3,(H,37,42)(H,38,46)(H,44,45)/b9-8+. The number of amides is 4. The number of benzene rings is 3. The molecule has 3 N–H and O–H groups in total. The van der Waals surface area contributed by atoms with E-state index in [-0.39, 0.29) is 44.6 Å². The van der Waals surface area contributed by atoms with Crippen LogP contribution < -0.4 is 10.6 Å². The SMILES string of the molecule is CN(Cc1ccc(C(=O)NCCN(CCNC(=O)OC/C=C/c2ccc([N+](=O)[O-])c(C(=O)O)c2)C(=O)c2ccccc2)cc1)C(=O)OC(C)(C)C. The number of hydrogen-bond acceptors (Lipinski definition) is 9. The van der Waals surface area contributed by atoms with Gasteiger partial charge in [0, 0.05) is 57.0 Å². The van der Waals surface area contributed by atoms with Crippen LogP contribution in [-0.2, 0) is 16.0 Å². The van der Waals surface area contributed by atoms with Crippen molar-refractivity contribution in [2.75, 3.05) is 39.8 Å². The van der Waals surface area contributed by atoms with Crippen LogP contribution in [0.1, 0.15) is 63.0 Å². The Hall–Kier alpha value is -6.25. The average Bonchev–Trinajstić information content (AvgIpc) is 3.08. The van der Waals surface area contributed by atoms with E-state index in [1.807, 2.05) is 0 Å². The first-order chi connectivity index (χ1) is 24.1. The van der Waals surface area contributed by atoms with Crippen LogP contribution in [0.15, 0.2) is 78.9 Å². The van der Waals surface area contributed by atoms with Gasteiger partial charge in [0.2, 0.25) is 0 Å². The average molecular weight is 704 g/mol. The Balaban J connectivity index is 1.50. The zero-order chi connectivity index (χ0) is 37.6. The second-order valence-corrected chi connectivity index (χ2v) is 12.2. The van der Waals surface area contributed by atoms with Gasteiger partial charge >= 0.3 is 18.2 Å². The van der Waals surface area contributed by atoms with Crippen molar-refractivity contribution < 1.29 is 43.5 Å². The minimum absolute atomic E-state index is 0.0403. The van der Waals surface area contributed by atoms with Crippen LogP contribution in [0.3, 0.4) is 0 Å². The molecule has 0 heterocycles. The molecule has 4 amide bonds. The van der Waals surface area contributed by atoms with Gasteiger partial charge in [-0.3, -0.25) is 19.7 Å². The van der Waals surface area contributed by atoms with Gasteiger partial charge in [-0.2, -0.15) is 0 Å². The van der Waals surface area contributed by atoms with Crippen molar-refractivity contribution in [1.29, 1.82) is 0 Å². The summed E-state index contributed by atoms with van der Waals surface area (Å²) in [4.78, 5) is 75.1. The summed E-state index contributed by atoms with van der Waals surface area (Å²) in [6.45, 7) is 5.90. The number of nitrogens with zero attached hydrogens (tertiary/aromatic N) is 3. The monoisotopic (exact) mass is 703 g/mol. The van der Waals surface area contributed by atoms with Gasteiger partial charge in [0.1, 0.15) is 17.8 Å². The third kappa shape index (κ3) is 12.9. The Morgan fingerprint density at radius 1 is 0.902 bits per heavy atom. The molecule has 0 atom stereocenters. The molecule has 15 nitrogen and oxygen atoms in total. The minimum Gasteiger partial charge on any atom is -0.477 e. The van der Waals surface area contributed by atoms with E-state index >= 15 is 0 Å². The third-order valence-electron chi connectivity index (χ3n) is 7.04. The zero-order valence-electron chi connectivity index (χ0n) is 28.8. The van der Waals surface area contributed by atoms with Crippen molar-refractivity contribution in [2.45, 2.75) is 32.9 Å². The maximum Gasteiger partial charge on any atom is 0.410 e. The summed E-state index contributed by atoms with van der Waals surface area (Å²) < 4.78 is 10.5. The summed E-state index contributed by atoms with van der Waals surface area (Å²) in [5.74, 6) is -2.09. The highest BCUT2D eigenvalue weighted by molar-refractivity contribution is 5.95. The predicted octanol–water partition coefficient (Wildman–Crippen LogP) is 4.97. The highest BCUT2D eigenvalue weighted by Gasteiger charge is 2.21. The molecule has 270 valence electrons. The van der Waals surface area contributed by atoms with E-state index in [0.29, 0.717) is 23.2 Å². The van der Waals surface area contributed by atoms with Gasteiger partial charge in [-0.25, -0.2) is 14.4 Å². The first kappa shape index (κ1) is 39.2. The van der Waals surface area contributed by atoms with E-state index < -0.39 is 39.9 Å². The third-order valence-corrected chi connectivity index (χ3v) is 7.04. The maximum absolute atomic E-state index is 13.2. The number of carboxylic acid groups (broad SMARTS) is 1. The smallest absolute Gasteiger partial charge is 0.410 e. The molecule has 0 aliphatic heterocycles. The summed E-state index contributed by atoms with van der Waals surface area (Å²) in [7, 11) is 1.63. The van der Waals surface area contributed by atoms with E-state index in [4.69, 9.17) is 9.47 Å². The molecule has 0 aromatic heterocycles. The van der Waals surface area contributed by atoms with E-state index in [1.54, 1.807) is 82.4 Å². The number of alkyl carbamates (subject to hydrolysis) is 1. The van der Waals surface area contributed by atoms with Crippen molar-refractivity contribution in [1.82, 2.24) is 20.4 Å². The number of carbonyl (C=O) groups excluding carboxylic acids is 4. The number of carboxylic acids is 1. The number of nitrogens with one attached hydrogen (secondary N) is 2. The molecule has 3 rings (SSSR count). The highest BCUT2D eigenvalue weighted by Crippen LogP contribution is 2.21. The van der Waals surface area contributed by atoms with Gasteiger partial charge in [-0.1, -0.05) is 36.4 Å². The topological polar surface area (TPSA) is 198 Å². The summed E-state index contributed by atoms with van der Waals surface area (Å²) in [6.07, 6.45) is 1.67. The molecule has 0 unspecified atom stereocenters.